The summed E-state index contributed by atoms with van der Waals surface area (Å²) in [5, 5.41) is 6.36. The summed E-state index contributed by atoms with van der Waals surface area (Å²) in [4.78, 5) is 12.3. The van der Waals surface area contributed by atoms with E-state index in [1.807, 2.05) is 12.1 Å². The summed E-state index contributed by atoms with van der Waals surface area (Å²) in [6, 6.07) is 25.2. The first-order valence-electron chi connectivity index (χ1n) is 12.0. The number of carbonyl (C=O) groups is 1. The molecule has 3 aromatic rings. The van der Waals surface area contributed by atoms with Crippen molar-refractivity contribution < 1.29 is 9.53 Å². The van der Waals surface area contributed by atoms with Gasteiger partial charge in [-0.15, -0.1) is 0 Å². The van der Waals surface area contributed by atoms with Gasteiger partial charge in [0.1, 0.15) is 6.61 Å². The van der Waals surface area contributed by atoms with Gasteiger partial charge in [0.05, 0.1) is 0 Å². The van der Waals surface area contributed by atoms with E-state index >= 15 is 0 Å². The second-order valence-corrected chi connectivity index (χ2v) is 9.79. The number of nitrogens with one attached hydrogen (secondary N) is 2. The monoisotopic (exact) mass is 454 g/mol. The third-order valence-corrected chi connectivity index (χ3v) is 6.04. The fraction of sp³-hybridized carbons (Fsp3) is 0.300. The molecule has 2 N–H and O–H groups in total. The smallest absolute Gasteiger partial charge is 0.407 e. The van der Waals surface area contributed by atoms with Gasteiger partial charge in [0.15, 0.2) is 0 Å². The summed E-state index contributed by atoms with van der Waals surface area (Å²) in [7, 11) is 0. The molecule has 3 aromatic carbocycles. The van der Waals surface area contributed by atoms with E-state index in [1.54, 1.807) is 0 Å². The largest absolute Gasteiger partial charge is 0.449 e. The molecule has 0 unspecified atom stereocenters. The highest BCUT2D eigenvalue weighted by molar-refractivity contribution is 5.79. The number of hydrogen-bond acceptors (Lipinski definition) is 3. The molecular weight excluding hydrogens is 420 g/mol. The minimum Gasteiger partial charge on any atom is -0.449 e. The van der Waals surface area contributed by atoms with Gasteiger partial charge in [-0.1, -0.05) is 84.9 Å². The highest BCUT2D eigenvalue weighted by Crippen LogP contribution is 2.44. The van der Waals surface area contributed by atoms with Gasteiger partial charge in [-0.3, -0.25) is 0 Å². The van der Waals surface area contributed by atoms with Gasteiger partial charge in [-0.05, 0) is 60.6 Å². The van der Waals surface area contributed by atoms with Crippen LogP contribution in [0.4, 0.5) is 4.79 Å². The van der Waals surface area contributed by atoms with Gasteiger partial charge in [0.25, 0.3) is 0 Å². The number of ether oxygens (including phenoxy) is 1. The summed E-state index contributed by atoms with van der Waals surface area (Å²) < 4.78 is 5.58. The van der Waals surface area contributed by atoms with E-state index in [4.69, 9.17) is 4.74 Å². The van der Waals surface area contributed by atoms with Crippen LogP contribution in [0.1, 0.15) is 55.4 Å². The number of rotatable bonds is 8. The van der Waals surface area contributed by atoms with Gasteiger partial charge < -0.3 is 15.4 Å². The molecule has 0 atom stereocenters. The molecule has 1 aliphatic carbocycles. The van der Waals surface area contributed by atoms with Crippen molar-refractivity contribution in [2.45, 2.75) is 45.2 Å². The zero-order chi connectivity index (χ0) is 24.0. The van der Waals surface area contributed by atoms with Gasteiger partial charge in [0, 0.05) is 24.5 Å². The van der Waals surface area contributed by atoms with Gasteiger partial charge in [-0.25, -0.2) is 4.79 Å². The van der Waals surface area contributed by atoms with Crippen molar-refractivity contribution in [1.82, 2.24) is 10.6 Å². The van der Waals surface area contributed by atoms with Crippen LogP contribution in [0, 0.1) is 0 Å². The fourth-order valence-corrected chi connectivity index (χ4v) is 4.24. The highest BCUT2D eigenvalue weighted by atomic mass is 16.5. The third kappa shape index (κ3) is 6.15. The van der Waals surface area contributed by atoms with Crippen LogP contribution in [0.3, 0.4) is 0 Å². The first-order valence-corrected chi connectivity index (χ1v) is 12.0. The number of hydrogen-bond donors (Lipinski definition) is 2. The van der Waals surface area contributed by atoms with Gasteiger partial charge in [-0.2, -0.15) is 0 Å². The lowest BCUT2D eigenvalue weighted by molar-refractivity contribution is 0.143. The zero-order valence-electron chi connectivity index (χ0n) is 20.3. The van der Waals surface area contributed by atoms with Crippen LogP contribution in [-0.4, -0.2) is 24.8 Å². The van der Waals surface area contributed by atoms with Crippen molar-refractivity contribution >= 4 is 12.2 Å². The molecule has 0 radical (unpaired) electrons. The fourth-order valence-electron chi connectivity index (χ4n) is 4.24. The Morgan fingerprint density at radius 1 is 0.912 bits per heavy atom. The normalized spacial score (nSPS) is 13.0. The lowest BCUT2D eigenvalue weighted by Crippen LogP contribution is -2.35. The Hall–Kier alpha value is -3.37. The summed E-state index contributed by atoms with van der Waals surface area (Å²) >= 11 is 0. The number of benzene rings is 3. The topological polar surface area (TPSA) is 50.4 Å². The molecule has 0 bridgehead atoms. The van der Waals surface area contributed by atoms with E-state index in [-0.39, 0.29) is 17.6 Å². The Bertz CT molecular complexity index is 1100. The molecule has 176 valence electrons. The van der Waals surface area contributed by atoms with Crippen LogP contribution in [0.25, 0.3) is 17.2 Å². The zero-order valence-corrected chi connectivity index (χ0v) is 20.3. The molecule has 0 aromatic heterocycles. The minimum absolute atomic E-state index is 0.0830. The Kier molecular flexibility index (Phi) is 7.49. The number of fused-ring (bicyclic) bond motifs is 3. The van der Waals surface area contributed by atoms with Crippen molar-refractivity contribution in [2.24, 2.45) is 0 Å². The molecule has 1 aliphatic rings. The number of alkyl carbamates (subject to hydrolysis) is 1. The van der Waals surface area contributed by atoms with Crippen LogP contribution in [0.5, 0.6) is 0 Å². The molecule has 0 heterocycles. The van der Waals surface area contributed by atoms with Gasteiger partial charge >= 0.3 is 6.09 Å². The second-order valence-electron chi connectivity index (χ2n) is 9.79. The number of amides is 1. The van der Waals surface area contributed by atoms with Gasteiger partial charge in [0.2, 0.25) is 0 Å². The third-order valence-electron chi connectivity index (χ3n) is 6.04. The predicted molar refractivity (Wildman–Crippen MR) is 140 cm³/mol. The number of carbonyl (C=O) groups excluding carboxylic acids is 1. The summed E-state index contributed by atoms with van der Waals surface area (Å²) in [5.41, 5.74) is 7.44. The molecule has 34 heavy (non-hydrogen) atoms. The molecule has 1 amide bonds. The first-order chi connectivity index (χ1) is 16.4. The average Bonchev–Trinajstić information content (AvgIpc) is 3.15. The summed E-state index contributed by atoms with van der Waals surface area (Å²) in [5.74, 6) is 0.0830. The Balaban J connectivity index is 1.20. The standard InChI is InChI=1S/C30H34N2O2/c1-30(2,3)32-20-23-17-15-22(16-18-23)10-8-9-19-31-29(33)34-21-28-26-13-6-4-11-24(26)25-12-5-7-14-27(25)28/h4-8,10-18,28,32H,9,19-21H2,1-3H3,(H,31,33). The van der Waals surface area contributed by atoms with Crippen molar-refractivity contribution in [1.29, 1.82) is 0 Å². The molecule has 4 heteroatoms. The van der Waals surface area contributed by atoms with Crippen molar-refractivity contribution in [3.05, 3.63) is 101 Å². The maximum absolute atomic E-state index is 12.3. The maximum Gasteiger partial charge on any atom is 0.407 e. The molecule has 0 saturated heterocycles. The molecule has 0 saturated carbocycles. The lowest BCUT2D eigenvalue weighted by atomic mass is 9.98. The van der Waals surface area contributed by atoms with E-state index in [1.165, 1.54) is 27.8 Å². The maximum atomic E-state index is 12.3. The average molecular weight is 455 g/mol. The van der Waals surface area contributed by atoms with Crippen molar-refractivity contribution in [3.63, 3.8) is 0 Å². The summed E-state index contributed by atoms with van der Waals surface area (Å²) in [6.45, 7) is 8.24. The second kappa shape index (κ2) is 10.7. The van der Waals surface area contributed by atoms with Crippen LogP contribution >= 0.6 is 0 Å². The first kappa shape index (κ1) is 23.8. The van der Waals surface area contributed by atoms with E-state index < -0.39 is 0 Å². The molecular formula is C30H34N2O2. The highest BCUT2D eigenvalue weighted by Gasteiger charge is 2.28. The lowest BCUT2D eigenvalue weighted by Gasteiger charge is -2.20. The quantitative estimate of drug-likeness (QED) is 0.381. The predicted octanol–water partition coefficient (Wildman–Crippen LogP) is 6.52. The van der Waals surface area contributed by atoms with E-state index in [0.717, 1.165) is 18.5 Å². The van der Waals surface area contributed by atoms with E-state index in [9.17, 15) is 4.79 Å². The van der Waals surface area contributed by atoms with Crippen LogP contribution < -0.4 is 10.6 Å². The Morgan fingerprint density at radius 2 is 1.53 bits per heavy atom. The SMILES string of the molecule is CC(C)(C)NCc1ccc(C=CCCNC(=O)OCC2c3ccccc3-c3ccccc32)cc1. The van der Waals surface area contributed by atoms with Crippen LogP contribution in [0.15, 0.2) is 78.9 Å². The van der Waals surface area contributed by atoms with Crippen LogP contribution in [-0.2, 0) is 11.3 Å². The molecule has 4 nitrogen and oxygen atoms in total. The van der Waals surface area contributed by atoms with Crippen LogP contribution in [0.2, 0.25) is 0 Å². The Labute approximate surface area is 203 Å². The van der Waals surface area contributed by atoms with Crippen molar-refractivity contribution in [2.75, 3.05) is 13.2 Å². The molecule has 0 spiro atoms. The molecule has 0 fully saturated rings. The Morgan fingerprint density at radius 3 is 2.15 bits per heavy atom. The van der Waals surface area contributed by atoms with E-state index in [2.05, 4.69) is 104 Å². The minimum atomic E-state index is -0.369. The van der Waals surface area contributed by atoms with Crippen molar-refractivity contribution in [3.8, 4) is 11.1 Å². The van der Waals surface area contributed by atoms with E-state index in [0.29, 0.717) is 13.2 Å². The summed E-state index contributed by atoms with van der Waals surface area (Å²) in [6.07, 6.45) is 4.54. The molecule has 0 aliphatic heterocycles. The molecule has 4 rings (SSSR count).